The molecule has 0 spiro atoms. The Bertz CT molecular complexity index is 730. The van der Waals surface area contributed by atoms with E-state index in [-0.39, 0.29) is 0 Å². The molecular weight excluding hydrogens is 298 g/mol. The van der Waals surface area contributed by atoms with E-state index in [9.17, 15) is 0 Å². The van der Waals surface area contributed by atoms with Gasteiger partial charge in [0.05, 0.1) is 5.69 Å². The number of hydrogen-bond donors (Lipinski definition) is 1. The molecule has 0 saturated heterocycles. The zero-order chi connectivity index (χ0) is 14.7. The molecule has 0 bridgehead atoms. The van der Waals surface area contributed by atoms with Gasteiger partial charge in [-0.25, -0.2) is 4.98 Å². The summed E-state index contributed by atoms with van der Waals surface area (Å²) in [5.74, 6) is 0.969. The van der Waals surface area contributed by atoms with Gasteiger partial charge in [-0.15, -0.1) is 11.3 Å². The van der Waals surface area contributed by atoms with Gasteiger partial charge < -0.3 is 5.32 Å². The molecule has 0 aliphatic rings. The Morgan fingerprint density at radius 2 is 2.19 bits per heavy atom. The van der Waals surface area contributed by atoms with Crippen molar-refractivity contribution in [3.05, 3.63) is 52.7 Å². The number of benzene rings is 1. The highest BCUT2D eigenvalue weighted by Crippen LogP contribution is 2.29. The van der Waals surface area contributed by atoms with Crippen LogP contribution in [0.25, 0.3) is 4.96 Å². The van der Waals surface area contributed by atoms with Crippen molar-refractivity contribution >= 4 is 28.1 Å². The van der Waals surface area contributed by atoms with Gasteiger partial charge >= 0.3 is 0 Å². The van der Waals surface area contributed by atoms with Crippen LogP contribution in [0.1, 0.15) is 23.7 Å². The summed E-state index contributed by atoms with van der Waals surface area (Å²) in [4.78, 5) is 5.85. The van der Waals surface area contributed by atoms with E-state index in [0.717, 1.165) is 28.8 Å². The topological polar surface area (TPSA) is 29.3 Å². The number of imidazole rings is 1. The molecule has 1 N–H and O–H groups in total. The van der Waals surface area contributed by atoms with Crippen LogP contribution in [0.15, 0.2) is 40.9 Å². The van der Waals surface area contributed by atoms with Gasteiger partial charge in [0.2, 0.25) is 0 Å². The number of thioether (sulfide) groups is 1. The molecule has 1 aromatic carbocycles. The van der Waals surface area contributed by atoms with Crippen LogP contribution in [-0.2, 0) is 12.3 Å². The minimum absolute atomic E-state index is 0.866. The number of hydrogen-bond acceptors (Lipinski definition) is 4. The van der Waals surface area contributed by atoms with E-state index in [2.05, 4.69) is 59.4 Å². The number of nitrogens with zero attached hydrogens (tertiary/aromatic N) is 2. The highest BCUT2D eigenvalue weighted by Gasteiger charge is 2.13. The summed E-state index contributed by atoms with van der Waals surface area (Å²) in [5.41, 5.74) is 4.00. The first-order valence-corrected chi connectivity index (χ1v) is 8.98. The molecule has 0 radical (unpaired) electrons. The fourth-order valence-corrected chi connectivity index (χ4v) is 4.15. The number of rotatable bonds is 6. The van der Waals surface area contributed by atoms with Crippen molar-refractivity contribution in [2.45, 2.75) is 31.2 Å². The summed E-state index contributed by atoms with van der Waals surface area (Å²) in [7, 11) is 0. The zero-order valence-electron chi connectivity index (χ0n) is 12.3. The first-order valence-electron chi connectivity index (χ1n) is 7.12. The fourth-order valence-electron chi connectivity index (χ4n) is 2.25. The molecule has 110 valence electrons. The monoisotopic (exact) mass is 317 g/mol. The second kappa shape index (κ2) is 6.64. The van der Waals surface area contributed by atoms with E-state index in [1.54, 1.807) is 11.3 Å². The SMILES string of the molecule is CCNCc1c(SCc2ccccc2C)nc2sccn12. The van der Waals surface area contributed by atoms with Gasteiger partial charge in [-0.1, -0.05) is 43.0 Å². The van der Waals surface area contributed by atoms with Crippen LogP contribution in [0, 0.1) is 6.92 Å². The molecule has 5 heteroatoms. The molecule has 0 unspecified atom stereocenters. The minimum atomic E-state index is 0.866. The highest BCUT2D eigenvalue weighted by atomic mass is 32.2. The molecular formula is C16H19N3S2. The van der Waals surface area contributed by atoms with Crippen molar-refractivity contribution in [1.82, 2.24) is 14.7 Å². The maximum atomic E-state index is 4.77. The number of aryl methyl sites for hydroxylation is 1. The molecule has 2 aromatic heterocycles. The van der Waals surface area contributed by atoms with Gasteiger partial charge in [0.1, 0.15) is 5.03 Å². The number of nitrogens with one attached hydrogen (secondary N) is 1. The molecule has 3 rings (SSSR count). The first-order chi connectivity index (χ1) is 10.3. The second-order valence-corrected chi connectivity index (χ2v) is 6.75. The molecule has 0 saturated carbocycles. The van der Waals surface area contributed by atoms with Crippen molar-refractivity contribution in [3.63, 3.8) is 0 Å². The van der Waals surface area contributed by atoms with Crippen LogP contribution in [-0.4, -0.2) is 15.9 Å². The number of thiazole rings is 1. The standard InChI is InChI=1S/C16H19N3S2/c1-3-17-10-14-15(18-16-19(14)8-9-20-16)21-11-13-7-5-4-6-12(13)2/h4-9,17H,3,10-11H2,1-2H3. The Hall–Kier alpha value is -1.30. The average Bonchev–Trinajstić information content (AvgIpc) is 3.05. The van der Waals surface area contributed by atoms with Gasteiger partial charge in [-0.2, -0.15) is 0 Å². The van der Waals surface area contributed by atoms with Gasteiger partial charge in [-0.3, -0.25) is 4.40 Å². The maximum absolute atomic E-state index is 4.77. The molecule has 2 heterocycles. The first kappa shape index (κ1) is 14.6. The molecule has 21 heavy (non-hydrogen) atoms. The molecule has 0 atom stereocenters. The quantitative estimate of drug-likeness (QED) is 0.694. The van der Waals surface area contributed by atoms with Crippen LogP contribution < -0.4 is 5.32 Å². The lowest BCUT2D eigenvalue weighted by molar-refractivity contribution is 0.694. The van der Waals surface area contributed by atoms with E-state index in [1.165, 1.54) is 16.8 Å². The summed E-state index contributed by atoms with van der Waals surface area (Å²) in [6, 6.07) is 8.56. The third-order valence-electron chi connectivity index (χ3n) is 3.49. The Morgan fingerprint density at radius 3 is 3.00 bits per heavy atom. The summed E-state index contributed by atoms with van der Waals surface area (Å²) in [6.07, 6.45) is 2.11. The van der Waals surface area contributed by atoms with E-state index in [4.69, 9.17) is 4.98 Å². The predicted octanol–water partition coefficient (Wildman–Crippen LogP) is 4.11. The van der Waals surface area contributed by atoms with Crippen LogP contribution in [0.5, 0.6) is 0 Å². The summed E-state index contributed by atoms with van der Waals surface area (Å²) in [5, 5.41) is 6.65. The van der Waals surface area contributed by atoms with Crippen LogP contribution in [0.2, 0.25) is 0 Å². The Labute approximate surface area is 133 Å². The Balaban J connectivity index is 1.82. The van der Waals surface area contributed by atoms with Crippen LogP contribution in [0.4, 0.5) is 0 Å². The predicted molar refractivity (Wildman–Crippen MR) is 91.2 cm³/mol. The molecule has 3 nitrogen and oxygen atoms in total. The third-order valence-corrected chi connectivity index (χ3v) is 5.30. The lowest BCUT2D eigenvalue weighted by atomic mass is 10.1. The van der Waals surface area contributed by atoms with Gasteiger partial charge in [-0.05, 0) is 24.6 Å². The normalized spacial score (nSPS) is 11.3. The van der Waals surface area contributed by atoms with Crippen molar-refractivity contribution in [3.8, 4) is 0 Å². The lowest BCUT2D eigenvalue weighted by Gasteiger charge is -2.06. The summed E-state index contributed by atoms with van der Waals surface area (Å²) < 4.78 is 2.20. The molecule has 0 aliphatic heterocycles. The summed E-state index contributed by atoms with van der Waals surface area (Å²) in [6.45, 7) is 6.14. The van der Waals surface area contributed by atoms with E-state index < -0.39 is 0 Å². The van der Waals surface area contributed by atoms with E-state index in [0.29, 0.717) is 0 Å². The molecule has 0 amide bonds. The third kappa shape index (κ3) is 3.15. The smallest absolute Gasteiger partial charge is 0.194 e. The van der Waals surface area contributed by atoms with Crippen molar-refractivity contribution in [2.24, 2.45) is 0 Å². The Kier molecular flexibility index (Phi) is 4.63. The largest absolute Gasteiger partial charge is 0.311 e. The van der Waals surface area contributed by atoms with Crippen molar-refractivity contribution in [2.75, 3.05) is 6.54 Å². The molecule has 3 aromatic rings. The molecule has 0 aliphatic carbocycles. The van der Waals surface area contributed by atoms with Gasteiger partial charge in [0.15, 0.2) is 4.96 Å². The molecule has 0 fully saturated rings. The lowest BCUT2D eigenvalue weighted by Crippen LogP contribution is -2.13. The van der Waals surface area contributed by atoms with E-state index in [1.807, 2.05) is 11.8 Å². The van der Waals surface area contributed by atoms with Gasteiger partial charge in [0, 0.05) is 23.9 Å². The van der Waals surface area contributed by atoms with Gasteiger partial charge in [0.25, 0.3) is 0 Å². The van der Waals surface area contributed by atoms with Crippen LogP contribution >= 0.6 is 23.1 Å². The van der Waals surface area contributed by atoms with E-state index >= 15 is 0 Å². The van der Waals surface area contributed by atoms with Crippen molar-refractivity contribution in [1.29, 1.82) is 0 Å². The number of fused-ring (bicyclic) bond motifs is 1. The average molecular weight is 317 g/mol. The minimum Gasteiger partial charge on any atom is -0.311 e. The summed E-state index contributed by atoms with van der Waals surface area (Å²) >= 11 is 3.52. The second-order valence-electron chi connectivity index (χ2n) is 4.91. The highest BCUT2D eigenvalue weighted by molar-refractivity contribution is 7.98. The van der Waals surface area contributed by atoms with Crippen molar-refractivity contribution < 1.29 is 0 Å². The fraction of sp³-hybridized carbons (Fsp3) is 0.312. The Morgan fingerprint density at radius 1 is 1.33 bits per heavy atom. The van der Waals surface area contributed by atoms with Crippen LogP contribution in [0.3, 0.4) is 0 Å². The number of aromatic nitrogens is 2. The maximum Gasteiger partial charge on any atom is 0.194 e. The zero-order valence-corrected chi connectivity index (χ0v) is 13.9.